The maximum Gasteiger partial charge on any atom is 0.404 e. The second-order valence-corrected chi connectivity index (χ2v) is 9.72. The third-order valence-electron chi connectivity index (χ3n) is 5.62. The largest absolute Gasteiger partial charge is 0.462 e. The Morgan fingerprint density at radius 3 is 2.59 bits per heavy atom. The summed E-state index contributed by atoms with van der Waals surface area (Å²) in [6, 6.07) is 2.00. The molecule has 15 nitrogen and oxygen atoms in total. The van der Waals surface area contributed by atoms with Crippen LogP contribution in [0.15, 0.2) is 39.2 Å². The quantitative estimate of drug-likeness (QED) is 0.121. The van der Waals surface area contributed by atoms with Crippen LogP contribution in [0.2, 0.25) is 0 Å². The van der Waals surface area contributed by atoms with E-state index in [2.05, 4.69) is 10.5 Å². The smallest absolute Gasteiger partial charge is 0.404 e. The van der Waals surface area contributed by atoms with Gasteiger partial charge >= 0.3 is 18.0 Å². The number of fused-ring (bicyclic) bond motifs is 1. The van der Waals surface area contributed by atoms with Crippen LogP contribution in [0.3, 0.4) is 0 Å². The van der Waals surface area contributed by atoms with Crippen LogP contribution in [0.4, 0.5) is 4.79 Å². The van der Waals surface area contributed by atoms with E-state index in [-0.39, 0.29) is 28.5 Å². The number of amides is 3. The van der Waals surface area contributed by atoms with E-state index in [1.807, 2.05) is 0 Å². The Balaban J connectivity index is 1.79. The minimum absolute atomic E-state index is 0.115. The Kier molecular flexibility index (Phi) is 9.24. The highest BCUT2D eigenvalue weighted by atomic mass is 32.2. The Morgan fingerprint density at radius 1 is 1.28 bits per heavy atom. The number of nitrogens with zero attached hydrogens (tertiary/aromatic N) is 2. The van der Waals surface area contributed by atoms with Crippen molar-refractivity contribution in [2.24, 2.45) is 10.9 Å². The Labute approximate surface area is 226 Å². The molecule has 0 radical (unpaired) electrons. The Bertz CT molecular complexity index is 1190. The molecule has 0 aromatic carbocycles. The molecule has 3 rings (SSSR count). The molecule has 3 atom stereocenters. The summed E-state index contributed by atoms with van der Waals surface area (Å²) in [6.07, 6.45) is -1.10. The van der Waals surface area contributed by atoms with Gasteiger partial charge in [-0.3, -0.25) is 14.5 Å². The number of carbonyl (C=O) groups is 5. The molecular weight excluding hydrogens is 540 g/mol. The maximum atomic E-state index is 13.2. The molecule has 2 aliphatic rings. The molecule has 0 saturated carbocycles. The fourth-order valence-corrected chi connectivity index (χ4v) is 4.79. The lowest BCUT2D eigenvalue weighted by molar-refractivity contribution is -0.197. The van der Waals surface area contributed by atoms with Gasteiger partial charge in [0, 0.05) is 25.4 Å². The number of carbonyl (C=O) groups excluding carboxylic acids is 5. The maximum absolute atomic E-state index is 13.2. The van der Waals surface area contributed by atoms with Gasteiger partial charge in [-0.15, -0.1) is 11.8 Å². The minimum atomic E-state index is -1.36. The van der Waals surface area contributed by atoms with Crippen molar-refractivity contribution in [2.75, 3.05) is 26.6 Å². The van der Waals surface area contributed by atoms with Crippen LogP contribution >= 0.6 is 11.8 Å². The highest BCUT2D eigenvalue weighted by molar-refractivity contribution is 8.00. The number of hydrogen-bond donors (Lipinski definition) is 2. The fourth-order valence-electron chi connectivity index (χ4n) is 3.46. The first-order valence-corrected chi connectivity index (χ1v) is 12.5. The number of β-lactam (4-membered cyclic amide) rings is 1. The number of primary amides is 1. The summed E-state index contributed by atoms with van der Waals surface area (Å²) in [5, 5.41) is 5.52. The zero-order valence-electron chi connectivity index (χ0n) is 21.7. The molecule has 0 aliphatic carbocycles. The SMILES string of the molecule is CON=C(C(=O)N[C@@H]1C(=O)N2C(C(=O)OC(C)OC(=O)C(C)(C)OC)=C(COC(N)=O)CS[C@H]12)c1ccco1. The molecular formula is C23H28N4O11S. The third-order valence-corrected chi connectivity index (χ3v) is 6.96. The normalized spacial score (nSPS) is 19.9. The van der Waals surface area contributed by atoms with Crippen molar-refractivity contribution in [3.8, 4) is 0 Å². The zero-order valence-corrected chi connectivity index (χ0v) is 22.6. The van der Waals surface area contributed by atoms with Crippen LogP contribution in [0.5, 0.6) is 0 Å². The summed E-state index contributed by atoms with van der Waals surface area (Å²) in [5.74, 6) is -2.96. The molecule has 16 heteroatoms. The van der Waals surface area contributed by atoms with E-state index >= 15 is 0 Å². The summed E-state index contributed by atoms with van der Waals surface area (Å²) in [4.78, 5) is 68.5. The first kappa shape index (κ1) is 29.5. The van der Waals surface area contributed by atoms with Crippen molar-refractivity contribution in [1.82, 2.24) is 10.2 Å². The second-order valence-electron chi connectivity index (χ2n) is 8.61. The average molecular weight is 569 g/mol. The lowest BCUT2D eigenvalue weighted by atomic mass is 10.0. The lowest BCUT2D eigenvalue weighted by Gasteiger charge is -2.49. The van der Waals surface area contributed by atoms with E-state index in [1.54, 1.807) is 6.07 Å². The predicted molar refractivity (Wildman–Crippen MR) is 133 cm³/mol. The van der Waals surface area contributed by atoms with Gasteiger partial charge in [0.15, 0.2) is 11.4 Å². The van der Waals surface area contributed by atoms with Crippen molar-refractivity contribution in [1.29, 1.82) is 0 Å². The fraction of sp³-hybridized carbons (Fsp3) is 0.478. The molecule has 2 aliphatic heterocycles. The molecule has 1 aromatic heterocycles. The van der Waals surface area contributed by atoms with Gasteiger partial charge in [-0.1, -0.05) is 5.16 Å². The minimum Gasteiger partial charge on any atom is -0.462 e. The third kappa shape index (κ3) is 6.51. The van der Waals surface area contributed by atoms with Crippen LogP contribution in [0, 0.1) is 0 Å². The standard InChI is InChI=1S/C23H28N4O11S/c1-11(38-21(31)23(2,3)33-4)37-20(30)16-12(9-36-22(24)32)10-39-19-15(18(29)27(16)19)25-17(28)14(26-34-5)13-7-6-8-35-13/h6-8,11,15,19H,9-10H2,1-5H3,(H2,24,32)(H,25,28)/t11?,15-,19-/m1/s1. The zero-order chi connectivity index (χ0) is 28.9. The summed E-state index contributed by atoms with van der Waals surface area (Å²) >= 11 is 1.20. The van der Waals surface area contributed by atoms with E-state index in [9.17, 15) is 24.0 Å². The number of rotatable bonds is 11. The number of ether oxygens (including phenoxy) is 4. The number of hydrogen-bond acceptors (Lipinski definition) is 13. The van der Waals surface area contributed by atoms with Gasteiger partial charge in [0.1, 0.15) is 30.8 Å². The Hall–Kier alpha value is -4.05. The number of thioether (sulfide) groups is 1. The van der Waals surface area contributed by atoms with Gasteiger partial charge in [0.25, 0.3) is 11.8 Å². The summed E-state index contributed by atoms with van der Waals surface area (Å²) in [7, 11) is 2.56. The average Bonchev–Trinajstić information content (AvgIpc) is 3.42. The summed E-state index contributed by atoms with van der Waals surface area (Å²) < 4.78 is 25.5. The molecule has 0 bridgehead atoms. The number of nitrogens with one attached hydrogen (secondary N) is 1. The van der Waals surface area contributed by atoms with Gasteiger partial charge in [0.05, 0.1) is 6.26 Å². The summed E-state index contributed by atoms with van der Waals surface area (Å²) in [5.41, 5.74) is 3.57. The highest BCUT2D eigenvalue weighted by Gasteiger charge is 2.55. The van der Waals surface area contributed by atoms with Crippen molar-refractivity contribution >= 4 is 47.3 Å². The van der Waals surface area contributed by atoms with Gasteiger partial charge < -0.3 is 39.3 Å². The van der Waals surface area contributed by atoms with Crippen LogP contribution in [0.1, 0.15) is 26.5 Å². The van der Waals surface area contributed by atoms with E-state index in [1.165, 1.54) is 59.1 Å². The molecule has 39 heavy (non-hydrogen) atoms. The van der Waals surface area contributed by atoms with Crippen LogP contribution < -0.4 is 11.1 Å². The molecule has 3 amide bonds. The molecule has 3 N–H and O–H groups in total. The molecule has 1 aromatic rings. The number of methoxy groups -OCH3 is 1. The van der Waals surface area contributed by atoms with Gasteiger partial charge in [-0.05, 0) is 26.0 Å². The summed E-state index contributed by atoms with van der Waals surface area (Å²) in [6.45, 7) is 3.85. The van der Waals surface area contributed by atoms with Gasteiger partial charge in [0.2, 0.25) is 12.0 Å². The second kappa shape index (κ2) is 12.2. The highest BCUT2D eigenvalue weighted by Crippen LogP contribution is 2.41. The number of esters is 2. The van der Waals surface area contributed by atoms with E-state index in [4.69, 9.17) is 33.9 Å². The van der Waals surface area contributed by atoms with E-state index in [0.29, 0.717) is 0 Å². The van der Waals surface area contributed by atoms with Crippen molar-refractivity contribution < 1.29 is 52.2 Å². The van der Waals surface area contributed by atoms with Crippen LogP contribution in [0.25, 0.3) is 0 Å². The van der Waals surface area contributed by atoms with Crippen molar-refractivity contribution in [3.05, 3.63) is 35.4 Å². The Morgan fingerprint density at radius 2 is 2.00 bits per heavy atom. The molecule has 1 unspecified atom stereocenters. The first-order valence-electron chi connectivity index (χ1n) is 11.4. The van der Waals surface area contributed by atoms with Crippen LogP contribution in [-0.4, -0.2) is 90.3 Å². The van der Waals surface area contributed by atoms with Crippen LogP contribution in [-0.2, 0) is 43.0 Å². The predicted octanol–water partition coefficient (Wildman–Crippen LogP) is 0.237. The lowest BCUT2D eigenvalue weighted by Crippen LogP contribution is -2.71. The molecule has 1 fully saturated rings. The van der Waals surface area contributed by atoms with Crippen molar-refractivity contribution in [2.45, 2.75) is 44.1 Å². The molecule has 1 saturated heterocycles. The first-order chi connectivity index (χ1) is 18.4. The van der Waals surface area contributed by atoms with Crippen molar-refractivity contribution in [3.63, 3.8) is 0 Å². The molecule has 3 heterocycles. The van der Waals surface area contributed by atoms with E-state index < -0.39 is 59.8 Å². The van der Waals surface area contributed by atoms with Gasteiger partial charge in [-0.2, -0.15) is 0 Å². The molecule has 212 valence electrons. The molecule has 0 spiro atoms. The number of oxime groups is 1. The number of furan rings is 1. The topological polar surface area (TPSA) is 198 Å². The van der Waals surface area contributed by atoms with E-state index in [0.717, 1.165) is 4.90 Å². The monoisotopic (exact) mass is 568 g/mol. The van der Waals surface area contributed by atoms with Gasteiger partial charge in [-0.25, -0.2) is 14.4 Å². The number of nitrogens with two attached hydrogens (primary N) is 1.